The Bertz CT molecular complexity index is 2250. The highest BCUT2D eigenvalue weighted by Crippen LogP contribution is 2.58. The van der Waals surface area contributed by atoms with Crippen LogP contribution in [0.4, 0.5) is 4.79 Å². The lowest BCUT2D eigenvalue weighted by molar-refractivity contribution is -0.138. The molecule has 2 aromatic rings. The molecule has 0 aromatic carbocycles. The Morgan fingerprint density at radius 1 is 0.966 bits per heavy atom. The number of methoxy groups -OCH3 is 1. The average molecular weight is 803 g/mol. The van der Waals surface area contributed by atoms with Gasteiger partial charge in [0.15, 0.2) is 0 Å². The first kappa shape index (κ1) is 38.3. The summed E-state index contributed by atoms with van der Waals surface area (Å²) in [4.78, 5) is 61.0. The number of hydrogen-bond donors (Lipinski definition) is 4. The Morgan fingerprint density at radius 3 is 2.53 bits per heavy atom. The van der Waals surface area contributed by atoms with Crippen LogP contribution in [0.3, 0.4) is 0 Å². The molecule has 13 nitrogen and oxygen atoms in total. The van der Waals surface area contributed by atoms with Gasteiger partial charge in [-0.3, -0.25) is 9.59 Å². The number of carbonyl (C=O) groups is 3. The van der Waals surface area contributed by atoms with E-state index in [1.807, 2.05) is 38.8 Å². The van der Waals surface area contributed by atoms with Crippen molar-refractivity contribution in [1.82, 2.24) is 35.1 Å². The second-order valence-corrected chi connectivity index (χ2v) is 19.2. The van der Waals surface area contributed by atoms with E-state index < -0.39 is 18.2 Å². The molecule has 0 radical (unpaired) electrons. The average Bonchev–Trinajstić information content (AvgIpc) is 3.92. The van der Waals surface area contributed by atoms with Crippen LogP contribution in [-0.2, 0) is 25.5 Å². The van der Waals surface area contributed by atoms with E-state index >= 15 is 0 Å². The molecular formula is C46H58N8O5. The van der Waals surface area contributed by atoms with E-state index in [1.165, 1.54) is 29.4 Å². The molecule has 59 heavy (non-hydrogen) atoms. The van der Waals surface area contributed by atoms with E-state index in [1.54, 1.807) is 0 Å². The van der Waals surface area contributed by atoms with Crippen molar-refractivity contribution in [2.24, 2.45) is 28.9 Å². The predicted molar refractivity (Wildman–Crippen MR) is 222 cm³/mol. The van der Waals surface area contributed by atoms with Gasteiger partial charge in [0.05, 0.1) is 42.8 Å². The summed E-state index contributed by atoms with van der Waals surface area (Å²) in [6, 6.07) is -1.12. The molecule has 312 valence electrons. The van der Waals surface area contributed by atoms with Crippen LogP contribution in [0.25, 0.3) is 11.6 Å². The fraction of sp³-hybridized carbons (Fsp3) is 0.587. The third kappa shape index (κ3) is 6.58. The lowest BCUT2D eigenvalue weighted by Crippen LogP contribution is -2.51. The quantitative estimate of drug-likeness (QED) is 0.217. The summed E-state index contributed by atoms with van der Waals surface area (Å²) >= 11 is 0. The number of hydrogen-bond acceptors (Lipinski definition) is 8. The fourth-order valence-electron chi connectivity index (χ4n) is 11.2. The van der Waals surface area contributed by atoms with Crippen molar-refractivity contribution in [3.05, 3.63) is 81.2 Å². The second kappa shape index (κ2) is 14.4. The molecule has 13 heteroatoms. The normalized spacial score (nSPS) is 28.4. The number of carbonyl (C=O) groups excluding carboxylic acids is 3. The van der Waals surface area contributed by atoms with Crippen molar-refractivity contribution in [2.75, 3.05) is 13.7 Å². The number of imidazole rings is 2. The first-order valence-electron chi connectivity index (χ1n) is 22.0. The van der Waals surface area contributed by atoms with Crippen molar-refractivity contribution in [3.8, 4) is 0 Å². The molecule has 2 saturated carbocycles. The van der Waals surface area contributed by atoms with Crippen LogP contribution in [0.1, 0.15) is 133 Å². The predicted octanol–water partition coefficient (Wildman–Crippen LogP) is 6.72. The summed E-state index contributed by atoms with van der Waals surface area (Å²) in [5, 5.41) is 2.77. The zero-order valence-corrected chi connectivity index (χ0v) is 35.0. The number of rotatable bonds is 9. The Morgan fingerprint density at radius 2 is 1.76 bits per heavy atom. The maximum Gasteiger partial charge on any atom is 0.407 e. The molecule has 1 spiro atoms. The topological polar surface area (TPSA) is 172 Å². The number of nitrogens with zero attached hydrogens (tertiary/aromatic N) is 4. The maximum atomic E-state index is 14.0. The summed E-state index contributed by atoms with van der Waals surface area (Å²) in [6.45, 7) is 8.59. The molecule has 2 aromatic heterocycles. The van der Waals surface area contributed by atoms with Crippen molar-refractivity contribution >= 4 is 29.6 Å². The summed E-state index contributed by atoms with van der Waals surface area (Å²) in [5.41, 5.74) is 16.0. The molecule has 8 aliphatic rings. The minimum Gasteiger partial charge on any atom is -0.485 e. The number of likely N-dealkylation sites (tertiary alicyclic amines) is 2. The van der Waals surface area contributed by atoms with Crippen LogP contribution < -0.4 is 11.1 Å². The first-order valence-corrected chi connectivity index (χ1v) is 22.0. The van der Waals surface area contributed by atoms with Gasteiger partial charge in [0.2, 0.25) is 11.8 Å². The molecule has 3 amide bonds. The summed E-state index contributed by atoms with van der Waals surface area (Å²) in [5.74, 6) is 3.08. The van der Waals surface area contributed by atoms with Crippen LogP contribution in [0, 0.1) is 23.2 Å². The summed E-state index contributed by atoms with van der Waals surface area (Å²) in [6.07, 6.45) is 20.9. The molecule has 2 saturated heterocycles. The third-order valence-corrected chi connectivity index (χ3v) is 14.8. The molecule has 7 atom stereocenters. The second-order valence-electron chi connectivity index (χ2n) is 19.2. The number of alkyl carbamates (subject to hydrolysis) is 1. The van der Waals surface area contributed by atoms with E-state index in [2.05, 4.69) is 44.5 Å². The zero-order chi connectivity index (χ0) is 40.9. The number of amides is 3. The summed E-state index contributed by atoms with van der Waals surface area (Å²) in [7, 11) is 1.32. The lowest BCUT2D eigenvalue weighted by Gasteiger charge is -2.36. The van der Waals surface area contributed by atoms with E-state index in [9.17, 15) is 14.4 Å². The third-order valence-electron chi connectivity index (χ3n) is 14.8. The molecular weight excluding hydrogens is 745 g/mol. The van der Waals surface area contributed by atoms with Crippen molar-refractivity contribution in [3.63, 3.8) is 0 Å². The monoisotopic (exact) mass is 802 g/mol. The SMILES string of the molecule is COC(=O)NC(C(=O)N1CC2(CC2)CC1c1ncc(C2=CC=C3C4=C(C=C(C5=Cc6nc(C7C8CCC(C8)N7C(=O)C(N)C(C)C)[nH]c6CC5)CC4)OC3C2)[nH]1)C(C)C. The number of allylic oxidation sites excluding steroid dienone is 5. The van der Waals surface area contributed by atoms with Gasteiger partial charge in [-0.05, 0) is 122 Å². The Balaban J connectivity index is 0.840. The van der Waals surface area contributed by atoms with Gasteiger partial charge in [-0.1, -0.05) is 39.8 Å². The van der Waals surface area contributed by atoms with Gasteiger partial charge < -0.3 is 40.3 Å². The van der Waals surface area contributed by atoms with Gasteiger partial charge in [0.25, 0.3) is 0 Å². The van der Waals surface area contributed by atoms with Gasteiger partial charge in [-0.15, -0.1) is 0 Å². The summed E-state index contributed by atoms with van der Waals surface area (Å²) < 4.78 is 11.6. The number of fused-ring (bicyclic) bond motifs is 5. The van der Waals surface area contributed by atoms with E-state index in [0.29, 0.717) is 12.5 Å². The van der Waals surface area contributed by atoms with Gasteiger partial charge in [0, 0.05) is 30.3 Å². The number of H-pyrrole nitrogens is 2. The molecule has 7 unspecified atom stereocenters. The number of aryl methyl sites for hydroxylation is 1. The van der Waals surface area contributed by atoms with Crippen molar-refractivity contribution in [1.29, 1.82) is 0 Å². The largest absolute Gasteiger partial charge is 0.485 e. The van der Waals surface area contributed by atoms with Crippen molar-refractivity contribution < 1.29 is 23.9 Å². The van der Waals surface area contributed by atoms with Crippen LogP contribution in [0.2, 0.25) is 0 Å². The van der Waals surface area contributed by atoms with Gasteiger partial charge in [-0.25, -0.2) is 14.8 Å². The van der Waals surface area contributed by atoms with Crippen molar-refractivity contribution in [2.45, 2.75) is 135 Å². The van der Waals surface area contributed by atoms with Crippen LogP contribution in [0.15, 0.2) is 52.5 Å². The standard InChI is InChI=1S/C46H58N8O5/c1-23(2)38(47)43(55)54-29-10-6-28(16-29)40(54)42-49-32-13-9-25(17-33(32)50-42)26-7-11-30-31-12-8-27(19-37(31)59-36(30)18-26)34-21-48-41(51-34)35-20-46(14-15-46)22-53(35)44(56)39(24(3)4)52-45(57)58-5/h8,12,17-18,21,23-24,28-29,35,37-40H,6-7,9-11,13-16,19-20,22,47H2,1-5H3,(H,48,51)(H,49,50)(H,52,57). The van der Waals surface area contributed by atoms with E-state index in [-0.39, 0.29) is 53.3 Å². The fourth-order valence-corrected chi connectivity index (χ4v) is 11.2. The zero-order valence-electron chi connectivity index (χ0n) is 35.0. The Hall–Kier alpha value is -4.91. The molecule has 10 rings (SSSR count). The molecule has 4 fully saturated rings. The molecule has 5 heterocycles. The molecule has 3 aliphatic heterocycles. The van der Waals surface area contributed by atoms with E-state index in [4.69, 9.17) is 25.2 Å². The minimum atomic E-state index is -0.675. The number of piperidine rings is 1. The van der Waals surface area contributed by atoms with Crippen LogP contribution in [0.5, 0.6) is 0 Å². The van der Waals surface area contributed by atoms with Gasteiger partial charge in [-0.2, -0.15) is 0 Å². The number of nitrogens with one attached hydrogen (secondary N) is 3. The number of nitrogens with two attached hydrogens (primary N) is 1. The van der Waals surface area contributed by atoms with Gasteiger partial charge in [0.1, 0.15) is 29.6 Å². The van der Waals surface area contributed by atoms with E-state index in [0.717, 1.165) is 111 Å². The smallest absolute Gasteiger partial charge is 0.407 e. The minimum absolute atomic E-state index is 0.0266. The Kier molecular flexibility index (Phi) is 9.33. The van der Waals surface area contributed by atoms with Crippen LogP contribution in [-0.4, -0.2) is 85.5 Å². The maximum absolute atomic E-state index is 14.0. The number of aromatic amines is 2. The lowest BCUT2D eigenvalue weighted by atomic mass is 9.83. The highest BCUT2D eigenvalue weighted by molar-refractivity contribution is 5.87. The molecule has 5 N–H and O–H groups in total. The molecule has 2 bridgehead atoms. The number of ether oxygens (including phenoxy) is 2. The van der Waals surface area contributed by atoms with Crippen LogP contribution >= 0.6 is 0 Å². The highest BCUT2D eigenvalue weighted by atomic mass is 16.5. The Labute approximate surface area is 346 Å². The highest BCUT2D eigenvalue weighted by Gasteiger charge is 2.55. The first-order chi connectivity index (χ1) is 28.4. The van der Waals surface area contributed by atoms with Gasteiger partial charge >= 0.3 is 6.09 Å². The number of aromatic nitrogens is 4. The molecule has 5 aliphatic carbocycles.